The van der Waals surface area contributed by atoms with E-state index in [1.54, 1.807) is 0 Å². The van der Waals surface area contributed by atoms with Gasteiger partial charge in [-0.1, -0.05) is 0 Å². The number of carbonyl (C=O) groups excluding carboxylic acids is 3. The van der Waals surface area contributed by atoms with Crippen molar-refractivity contribution in [1.29, 1.82) is 0 Å². The van der Waals surface area contributed by atoms with Crippen LogP contribution in [0.3, 0.4) is 0 Å². The van der Waals surface area contributed by atoms with Gasteiger partial charge in [0.25, 0.3) is 0 Å². The van der Waals surface area contributed by atoms with Gasteiger partial charge in [0.1, 0.15) is 0 Å². The lowest BCUT2D eigenvalue weighted by Gasteiger charge is -2.10. The first kappa shape index (κ1) is 11.5. The molecule has 1 fully saturated rings. The van der Waals surface area contributed by atoms with E-state index in [4.69, 9.17) is 10.5 Å². The molecular formula is C9H13NO5. The predicted molar refractivity (Wildman–Crippen MR) is 48.4 cm³/mol. The van der Waals surface area contributed by atoms with E-state index in [-0.39, 0.29) is 18.9 Å². The number of carbonyl (C=O) groups is 3. The highest BCUT2D eigenvalue weighted by atomic mass is 16.5. The summed E-state index contributed by atoms with van der Waals surface area (Å²) in [4.78, 5) is 33.0. The van der Waals surface area contributed by atoms with E-state index in [1.165, 1.54) is 14.0 Å². The molecule has 84 valence electrons. The van der Waals surface area contributed by atoms with Gasteiger partial charge >= 0.3 is 11.9 Å². The number of rotatable bonds is 4. The second kappa shape index (κ2) is 3.88. The molecule has 6 heteroatoms. The van der Waals surface area contributed by atoms with Gasteiger partial charge < -0.3 is 15.2 Å². The number of ether oxygens (including phenoxy) is 2. The van der Waals surface area contributed by atoms with Crippen LogP contribution in [0.5, 0.6) is 0 Å². The van der Waals surface area contributed by atoms with E-state index in [2.05, 4.69) is 4.74 Å². The zero-order valence-corrected chi connectivity index (χ0v) is 8.61. The lowest BCUT2D eigenvalue weighted by molar-refractivity contribution is -0.154. The fraction of sp³-hybridized carbons (Fsp3) is 0.667. The summed E-state index contributed by atoms with van der Waals surface area (Å²) in [6, 6.07) is 0. The summed E-state index contributed by atoms with van der Waals surface area (Å²) in [5, 5.41) is 0. The maximum atomic E-state index is 11.3. The molecule has 1 aliphatic carbocycles. The van der Waals surface area contributed by atoms with Gasteiger partial charge in [-0.3, -0.25) is 14.4 Å². The van der Waals surface area contributed by atoms with Crippen LogP contribution in [-0.4, -0.2) is 31.6 Å². The minimum Gasteiger partial charge on any atom is -0.468 e. The van der Waals surface area contributed by atoms with Crippen LogP contribution in [-0.2, 0) is 23.9 Å². The Hall–Kier alpha value is -1.59. The van der Waals surface area contributed by atoms with Crippen LogP contribution < -0.4 is 5.73 Å². The lowest BCUT2D eigenvalue weighted by atomic mass is 10.0. The van der Waals surface area contributed by atoms with E-state index in [0.29, 0.717) is 0 Å². The number of amides is 1. The van der Waals surface area contributed by atoms with Crippen molar-refractivity contribution in [3.63, 3.8) is 0 Å². The minimum absolute atomic E-state index is 0.0212. The molecule has 1 rings (SSSR count). The van der Waals surface area contributed by atoms with Crippen molar-refractivity contribution in [2.75, 3.05) is 13.7 Å². The number of esters is 2. The maximum Gasteiger partial charge on any atom is 0.321 e. The highest BCUT2D eigenvalue weighted by Gasteiger charge is 2.66. The summed E-state index contributed by atoms with van der Waals surface area (Å²) in [6.07, 6.45) is 0.280. The molecule has 0 aromatic heterocycles. The zero-order chi connectivity index (χ0) is 11.6. The maximum absolute atomic E-state index is 11.3. The van der Waals surface area contributed by atoms with Gasteiger partial charge in [0.2, 0.25) is 5.91 Å². The molecule has 0 aromatic carbocycles. The van der Waals surface area contributed by atoms with Gasteiger partial charge in [0.15, 0.2) is 5.41 Å². The Morgan fingerprint density at radius 3 is 2.47 bits per heavy atom. The van der Waals surface area contributed by atoms with E-state index in [9.17, 15) is 14.4 Å². The predicted octanol–water partition coefficient (Wildman–Crippen LogP) is -0.786. The first-order chi connectivity index (χ1) is 6.95. The Labute approximate surface area is 86.7 Å². The van der Waals surface area contributed by atoms with Gasteiger partial charge in [-0.15, -0.1) is 0 Å². The zero-order valence-electron chi connectivity index (χ0n) is 8.61. The molecule has 1 saturated carbocycles. The van der Waals surface area contributed by atoms with Crippen LogP contribution in [0.1, 0.15) is 13.3 Å². The van der Waals surface area contributed by atoms with Gasteiger partial charge in [0.05, 0.1) is 13.7 Å². The van der Waals surface area contributed by atoms with Crippen molar-refractivity contribution in [1.82, 2.24) is 0 Å². The van der Waals surface area contributed by atoms with E-state index in [0.717, 1.165) is 0 Å². The molecule has 0 aromatic rings. The summed E-state index contributed by atoms with van der Waals surface area (Å²) in [5.41, 5.74) is 3.84. The molecular weight excluding hydrogens is 202 g/mol. The van der Waals surface area contributed by atoms with Crippen LogP contribution in [0.4, 0.5) is 0 Å². The van der Waals surface area contributed by atoms with Gasteiger partial charge in [0, 0.05) is 12.8 Å². The molecule has 0 bridgehead atoms. The van der Waals surface area contributed by atoms with Crippen molar-refractivity contribution in [2.45, 2.75) is 13.3 Å². The molecule has 0 heterocycles. The van der Waals surface area contributed by atoms with Crippen molar-refractivity contribution in [2.24, 2.45) is 17.1 Å². The Kier molecular flexibility index (Phi) is 2.97. The molecule has 0 aliphatic heterocycles. The van der Waals surface area contributed by atoms with E-state index in [1.807, 2.05) is 0 Å². The third-order valence-electron chi connectivity index (χ3n) is 2.58. The molecule has 0 saturated heterocycles. The monoisotopic (exact) mass is 215 g/mol. The molecule has 1 amide bonds. The first-order valence-corrected chi connectivity index (χ1v) is 4.46. The van der Waals surface area contributed by atoms with Crippen molar-refractivity contribution < 1.29 is 23.9 Å². The third-order valence-corrected chi connectivity index (χ3v) is 2.58. The van der Waals surface area contributed by atoms with Crippen LogP contribution in [0.25, 0.3) is 0 Å². The number of methoxy groups -OCH3 is 1. The second-order valence-electron chi connectivity index (χ2n) is 3.53. The molecule has 0 radical (unpaired) electrons. The molecule has 2 N–H and O–H groups in total. The summed E-state index contributed by atoms with van der Waals surface area (Å²) in [7, 11) is 1.19. The third kappa shape index (κ3) is 1.93. The largest absolute Gasteiger partial charge is 0.468 e. The smallest absolute Gasteiger partial charge is 0.321 e. The average molecular weight is 215 g/mol. The van der Waals surface area contributed by atoms with Crippen LogP contribution in [0, 0.1) is 11.3 Å². The molecule has 1 aliphatic rings. The van der Waals surface area contributed by atoms with Gasteiger partial charge in [-0.2, -0.15) is 0 Å². The summed E-state index contributed by atoms with van der Waals surface area (Å²) in [6.45, 7) is 1.28. The quantitative estimate of drug-likeness (QED) is 0.490. The van der Waals surface area contributed by atoms with Crippen LogP contribution in [0.2, 0.25) is 0 Å². The van der Waals surface area contributed by atoms with E-state index >= 15 is 0 Å². The van der Waals surface area contributed by atoms with Gasteiger partial charge in [-0.25, -0.2) is 0 Å². The Morgan fingerprint density at radius 2 is 2.07 bits per heavy atom. The highest BCUT2D eigenvalue weighted by molar-refractivity contribution is 6.05. The fourth-order valence-corrected chi connectivity index (χ4v) is 1.58. The highest BCUT2D eigenvalue weighted by Crippen LogP contribution is 2.53. The normalized spacial score (nSPS) is 28.0. The van der Waals surface area contributed by atoms with Crippen molar-refractivity contribution in [3.8, 4) is 0 Å². The number of hydrogen-bond acceptors (Lipinski definition) is 5. The summed E-state index contributed by atoms with van der Waals surface area (Å²) in [5.74, 6) is -2.20. The Balaban J connectivity index is 2.63. The number of hydrogen-bond donors (Lipinski definition) is 1. The Bertz CT molecular complexity index is 314. The molecule has 2 unspecified atom stereocenters. The van der Waals surface area contributed by atoms with Crippen molar-refractivity contribution in [3.05, 3.63) is 0 Å². The van der Waals surface area contributed by atoms with E-state index < -0.39 is 23.3 Å². The molecule has 6 nitrogen and oxygen atoms in total. The van der Waals surface area contributed by atoms with Crippen LogP contribution >= 0.6 is 0 Å². The Morgan fingerprint density at radius 1 is 1.47 bits per heavy atom. The summed E-state index contributed by atoms with van der Waals surface area (Å²) < 4.78 is 9.21. The second-order valence-corrected chi connectivity index (χ2v) is 3.53. The number of nitrogens with two attached hydrogens (primary N) is 1. The molecule has 0 spiro atoms. The average Bonchev–Trinajstić information content (AvgIpc) is 2.89. The standard InChI is InChI=1S/C9H13NO5/c1-5(11)15-4-6-3-9(6,7(10)12)8(13)14-2/h6H,3-4H2,1-2H3,(H2,10,12). The lowest BCUT2D eigenvalue weighted by Crippen LogP contribution is -2.35. The SMILES string of the molecule is COC(=O)C1(C(N)=O)CC1COC(C)=O. The fourth-order valence-electron chi connectivity index (χ4n) is 1.58. The molecule has 15 heavy (non-hydrogen) atoms. The topological polar surface area (TPSA) is 95.7 Å². The van der Waals surface area contributed by atoms with Gasteiger partial charge in [-0.05, 0) is 6.42 Å². The number of primary amides is 1. The molecule has 2 atom stereocenters. The minimum atomic E-state index is -1.29. The first-order valence-electron chi connectivity index (χ1n) is 4.46. The van der Waals surface area contributed by atoms with Crippen LogP contribution in [0.15, 0.2) is 0 Å². The summed E-state index contributed by atoms with van der Waals surface area (Å²) >= 11 is 0. The van der Waals surface area contributed by atoms with Crippen molar-refractivity contribution >= 4 is 17.8 Å².